The summed E-state index contributed by atoms with van der Waals surface area (Å²) in [5.41, 5.74) is 6.90. The zero-order valence-electron chi connectivity index (χ0n) is 9.18. The number of pyridine rings is 1. The molecule has 0 spiro atoms. The van der Waals surface area contributed by atoms with Crippen molar-refractivity contribution in [1.29, 1.82) is 0 Å². The Kier molecular flexibility index (Phi) is 3.64. The lowest BCUT2D eigenvalue weighted by molar-refractivity contribution is 0.657. The third kappa shape index (κ3) is 2.96. The third-order valence-electron chi connectivity index (χ3n) is 2.41. The molecule has 17 heavy (non-hydrogen) atoms. The molecule has 0 amide bonds. The SMILES string of the molecule is C#S(=O)N[C@H](C)c1ccc2ccc(Br)cc2n1. The maximum Gasteiger partial charge on any atom is 0.0927 e. The highest BCUT2D eigenvalue weighted by molar-refractivity contribution is 9.10. The maximum absolute atomic E-state index is 10.9. The average Bonchev–Trinajstić information content (AvgIpc) is 2.27. The summed E-state index contributed by atoms with van der Waals surface area (Å²) in [7, 11) is -1.53. The molecule has 1 aromatic carbocycles. The highest BCUT2D eigenvalue weighted by atomic mass is 79.9. The van der Waals surface area contributed by atoms with E-state index in [9.17, 15) is 4.21 Å². The molecule has 0 bridgehead atoms. The molecule has 3 nitrogen and oxygen atoms in total. The summed E-state index contributed by atoms with van der Waals surface area (Å²) in [4.78, 5) is 4.51. The average molecular weight is 311 g/mol. The summed E-state index contributed by atoms with van der Waals surface area (Å²) < 4.78 is 14.6. The Labute approximate surface area is 110 Å². The van der Waals surface area contributed by atoms with Crippen molar-refractivity contribution in [2.45, 2.75) is 13.0 Å². The fourth-order valence-electron chi connectivity index (χ4n) is 1.58. The molecule has 0 aliphatic rings. The van der Waals surface area contributed by atoms with Crippen molar-refractivity contribution in [3.8, 4) is 5.69 Å². The Morgan fingerprint density at radius 2 is 2.12 bits per heavy atom. The maximum atomic E-state index is 10.9. The van der Waals surface area contributed by atoms with E-state index in [0.29, 0.717) is 0 Å². The van der Waals surface area contributed by atoms with Crippen molar-refractivity contribution < 1.29 is 4.21 Å². The van der Waals surface area contributed by atoms with Crippen LogP contribution in [0.15, 0.2) is 34.8 Å². The van der Waals surface area contributed by atoms with Gasteiger partial charge in [-0.25, -0.2) is 8.93 Å². The second kappa shape index (κ2) is 5.02. The van der Waals surface area contributed by atoms with E-state index in [0.717, 1.165) is 21.1 Å². The zero-order valence-corrected chi connectivity index (χ0v) is 11.6. The molecule has 1 heterocycles. The van der Waals surface area contributed by atoms with Crippen LogP contribution in [0.1, 0.15) is 18.7 Å². The molecule has 2 rings (SSSR count). The van der Waals surface area contributed by atoms with E-state index in [1.165, 1.54) is 0 Å². The number of nitrogens with one attached hydrogen (secondary N) is 1. The first-order chi connectivity index (χ1) is 8.06. The fraction of sp³-hybridized carbons (Fsp3) is 0.167. The molecule has 5 heteroatoms. The van der Waals surface area contributed by atoms with Gasteiger partial charge in [0.2, 0.25) is 0 Å². The molecular weight excluding hydrogens is 300 g/mol. The normalized spacial score (nSPS) is 12.5. The predicted octanol–water partition coefficient (Wildman–Crippen LogP) is 2.90. The molecule has 0 aliphatic heterocycles. The van der Waals surface area contributed by atoms with Crippen LogP contribution in [-0.4, -0.2) is 9.19 Å². The van der Waals surface area contributed by atoms with Gasteiger partial charge in [0.25, 0.3) is 0 Å². The van der Waals surface area contributed by atoms with Crippen molar-refractivity contribution in [2.75, 3.05) is 0 Å². The minimum absolute atomic E-state index is 0.149. The minimum Gasteiger partial charge on any atom is -0.251 e. The number of benzene rings is 1. The molecule has 2 aromatic rings. The fourth-order valence-corrected chi connectivity index (χ4v) is 2.40. The largest absolute Gasteiger partial charge is 0.251 e. The monoisotopic (exact) mass is 310 g/mol. The van der Waals surface area contributed by atoms with Crippen molar-refractivity contribution in [3.63, 3.8) is 0 Å². The summed E-state index contributed by atoms with van der Waals surface area (Å²) in [6.45, 7) is 1.87. The Balaban J connectivity index is 2.44. The van der Waals surface area contributed by atoms with Gasteiger partial charge in [0, 0.05) is 9.86 Å². The Morgan fingerprint density at radius 1 is 1.41 bits per heavy atom. The number of hydrogen-bond donors (Lipinski definition) is 1. The molecule has 88 valence electrons. The van der Waals surface area contributed by atoms with Crippen LogP contribution < -0.4 is 4.72 Å². The van der Waals surface area contributed by atoms with E-state index < -0.39 is 10.4 Å². The molecule has 0 saturated heterocycles. The number of nitrogens with zero attached hydrogens (tertiary/aromatic N) is 1. The van der Waals surface area contributed by atoms with Crippen molar-refractivity contribution in [1.82, 2.24) is 9.71 Å². The lowest BCUT2D eigenvalue weighted by Crippen LogP contribution is -2.15. The van der Waals surface area contributed by atoms with Crippen molar-refractivity contribution in [3.05, 3.63) is 40.5 Å². The van der Waals surface area contributed by atoms with Crippen LogP contribution in [-0.2, 0) is 10.4 Å². The van der Waals surface area contributed by atoms with Crippen molar-refractivity contribution >= 4 is 37.2 Å². The third-order valence-corrected chi connectivity index (χ3v) is 3.49. The summed E-state index contributed by atoms with van der Waals surface area (Å²) in [6.07, 6.45) is 0. The van der Waals surface area contributed by atoms with Crippen LogP contribution in [0.2, 0.25) is 0 Å². The minimum atomic E-state index is -1.53. The van der Waals surface area contributed by atoms with Gasteiger partial charge in [0.05, 0.1) is 27.6 Å². The first-order valence-electron chi connectivity index (χ1n) is 5.05. The Morgan fingerprint density at radius 3 is 2.82 bits per heavy atom. The quantitative estimate of drug-likeness (QED) is 0.926. The highest BCUT2D eigenvalue weighted by Crippen LogP contribution is 2.20. The first kappa shape index (κ1) is 12.3. The molecule has 0 saturated carbocycles. The first-order valence-corrected chi connectivity index (χ1v) is 7.05. The van der Waals surface area contributed by atoms with Crippen LogP contribution in [0, 0.1) is 5.69 Å². The van der Waals surface area contributed by atoms with Gasteiger partial charge >= 0.3 is 0 Å². The lowest BCUT2D eigenvalue weighted by atomic mass is 10.1. The van der Waals surface area contributed by atoms with Crippen LogP contribution in [0.25, 0.3) is 10.9 Å². The molecule has 1 atom stereocenters. The summed E-state index contributed by atoms with van der Waals surface area (Å²) in [5, 5.41) is 1.07. The second-order valence-electron chi connectivity index (χ2n) is 3.71. The Bertz CT molecular complexity index is 681. The number of fused-ring (bicyclic) bond motifs is 1. The Hall–Kier alpha value is -1.13. The second-order valence-corrected chi connectivity index (χ2v) is 5.46. The number of halogens is 1. The predicted molar refractivity (Wildman–Crippen MR) is 74.1 cm³/mol. The zero-order chi connectivity index (χ0) is 12.4. The van der Waals surface area contributed by atoms with Gasteiger partial charge in [-0.2, -0.15) is 0 Å². The van der Waals surface area contributed by atoms with Gasteiger partial charge < -0.3 is 0 Å². The smallest absolute Gasteiger partial charge is 0.0927 e. The van der Waals surface area contributed by atoms with Gasteiger partial charge in [-0.3, -0.25) is 4.98 Å². The molecular formula is C12H11BrN2OS. The van der Waals surface area contributed by atoms with Gasteiger partial charge in [0.1, 0.15) is 0 Å². The highest BCUT2D eigenvalue weighted by Gasteiger charge is 2.07. The van der Waals surface area contributed by atoms with Crippen LogP contribution in [0.3, 0.4) is 0 Å². The van der Waals surface area contributed by atoms with E-state index in [2.05, 4.69) is 25.6 Å². The van der Waals surface area contributed by atoms with Crippen LogP contribution in [0.5, 0.6) is 0 Å². The van der Waals surface area contributed by atoms with E-state index in [4.69, 9.17) is 5.69 Å². The summed E-state index contributed by atoms with van der Waals surface area (Å²) >= 11 is 3.41. The van der Waals surface area contributed by atoms with Gasteiger partial charge in [0.15, 0.2) is 0 Å². The van der Waals surface area contributed by atoms with E-state index >= 15 is 0 Å². The number of rotatable bonds is 2. The molecule has 0 unspecified atom stereocenters. The van der Waals surface area contributed by atoms with Crippen LogP contribution >= 0.6 is 15.9 Å². The summed E-state index contributed by atoms with van der Waals surface area (Å²) in [6, 6.07) is 9.66. The number of hydrogen-bond acceptors (Lipinski definition) is 2. The molecule has 1 aromatic heterocycles. The lowest BCUT2D eigenvalue weighted by Gasteiger charge is -2.09. The van der Waals surface area contributed by atoms with Gasteiger partial charge in [-0.05, 0) is 25.1 Å². The van der Waals surface area contributed by atoms with E-state index in [1.54, 1.807) is 0 Å². The molecule has 1 N–H and O–H groups in total. The standard InChI is InChI=1S/C12H11BrN2OS/c1-8(15-17(2)16)11-6-4-9-3-5-10(13)7-12(9)14-11/h2-8H,1H3,(H,15,16)/t8-/m1/s1. The van der Waals surface area contributed by atoms with Gasteiger partial charge in [-0.15, -0.1) is 0 Å². The molecule has 0 radical (unpaired) electrons. The molecule has 0 fully saturated rings. The van der Waals surface area contributed by atoms with Crippen molar-refractivity contribution in [2.24, 2.45) is 0 Å². The van der Waals surface area contributed by atoms with Crippen LogP contribution in [0.4, 0.5) is 0 Å². The molecule has 0 aliphatic carbocycles. The summed E-state index contributed by atoms with van der Waals surface area (Å²) in [5.74, 6) is 0. The topological polar surface area (TPSA) is 42.0 Å². The van der Waals surface area contributed by atoms with Gasteiger partial charge in [-0.1, -0.05) is 33.8 Å². The number of aromatic nitrogens is 1. The van der Waals surface area contributed by atoms with E-state index in [-0.39, 0.29) is 6.04 Å². The van der Waals surface area contributed by atoms with E-state index in [1.807, 2.05) is 37.3 Å².